The molecule has 96 valence electrons. The van der Waals surface area contributed by atoms with E-state index < -0.39 is 0 Å². The van der Waals surface area contributed by atoms with E-state index in [1.54, 1.807) is 4.90 Å². The number of carbonyl (C=O) groups excluding carboxylic acids is 2. The predicted octanol–water partition coefficient (Wildman–Crippen LogP) is 2.69. The summed E-state index contributed by atoms with van der Waals surface area (Å²) < 4.78 is 0. The van der Waals surface area contributed by atoms with Gasteiger partial charge in [0.15, 0.2) is 5.78 Å². The van der Waals surface area contributed by atoms with E-state index >= 15 is 0 Å². The number of ketones is 1. The van der Waals surface area contributed by atoms with E-state index in [2.05, 4.69) is 0 Å². The molecule has 0 spiro atoms. The molecule has 1 aromatic carbocycles. The summed E-state index contributed by atoms with van der Waals surface area (Å²) in [5.74, 6) is 0.219. The first-order chi connectivity index (χ1) is 8.69. The Balaban J connectivity index is 2.43. The van der Waals surface area contributed by atoms with Gasteiger partial charge in [0.1, 0.15) is 0 Å². The first-order valence-corrected chi connectivity index (χ1v) is 6.63. The molecule has 0 aromatic heterocycles. The maximum Gasteiger partial charge on any atom is 0.254 e. The van der Waals surface area contributed by atoms with Crippen molar-refractivity contribution >= 4 is 11.7 Å². The minimum atomic E-state index is 0.0477. The van der Waals surface area contributed by atoms with Crippen LogP contribution < -0.4 is 0 Å². The highest BCUT2D eigenvalue weighted by Crippen LogP contribution is 2.25. The highest BCUT2D eigenvalue weighted by molar-refractivity contribution is 6.03. The first kappa shape index (κ1) is 12.8. The Kier molecular flexibility index (Phi) is 3.80. The molecule has 2 rings (SSSR count). The van der Waals surface area contributed by atoms with Gasteiger partial charge in [-0.15, -0.1) is 0 Å². The van der Waals surface area contributed by atoms with Gasteiger partial charge in [0.2, 0.25) is 0 Å². The number of amides is 1. The molecule has 1 amide bonds. The highest BCUT2D eigenvalue weighted by Gasteiger charge is 2.23. The Morgan fingerprint density at radius 1 is 1.22 bits per heavy atom. The van der Waals surface area contributed by atoms with E-state index in [-0.39, 0.29) is 11.7 Å². The van der Waals surface area contributed by atoms with Crippen molar-refractivity contribution in [3.8, 4) is 0 Å². The molecule has 0 atom stereocenters. The number of Topliss-reactive ketones (excluding diaryl/α,β-unsaturated/α-hetero) is 1. The number of nitrogens with zero attached hydrogens (tertiary/aromatic N) is 1. The lowest BCUT2D eigenvalue weighted by molar-refractivity contribution is 0.0771. The van der Waals surface area contributed by atoms with Crippen LogP contribution in [-0.2, 0) is 6.42 Å². The van der Waals surface area contributed by atoms with Crippen LogP contribution in [0.1, 0.15) is 53.0 Å². The smallest absolute Gasteiger partial charge is 0.254 e. The molecule has 0 saturated heterocycles. The number of benzene rings is 1. The zero-order valence-corrected chi connectivity index (χ0v) is 11.0. The third-order valence-corrected chi connectivity index (χ3v) is 3.59. The molecule has 3 heteroatoms. The molecule has 1 aliphatic carbocycles. The minimum Gasteiger partial charge on any atom is -0.339 e. The summed E-state index contributed by atoms with van der Waals surface area (Å²) in [6.45, 7) is 5.35. The van der Waals surface area contributed by atoms with Crippen molar-refractivity contribution in [1.29, 1.82) is 0 Å². The summed E-state index contributed by atoms with van der Waals surface area (Å²) in [6.07, 6.45) is 2.30. The molecule has 0 N–H and O–H groups in total. The minimum absolute atomic E-state index is 0.0477. The number of carbonyl (C=O) groups is 2. The Morgan fingerprint density at radius 2 is 1.94 bits per heavy atom. The van der Waals surface area contributed by atoms with Gasteiger partial charge in [0.25, 0.3) is 5.91 Å². The third kappa shape index (κ3) is 2.17. The van der Waals surface area contributed by atoms with Crippen LogP contribution in [0.5, 0.6) is 0 Å². The van der Waals surface area contributed by atoms with Crippen molar-refractivity contribution in [1.82, 2.24) is 4.90 Å². The van der Waals surface area contributed by atoms with Crippen LogP contribution >= 0.6 is 0 Å². The molecule has 18 heavy (non-hydrogen) atoms. The highest BCUT2D eigenvalue weighted by atomic mass is 16.2. The number of hydrogen-bond donors (Lipinski definition) is 0. The standard InChI is InChI=1S/C15H19NO2/c1-3-16(4-2)15(18)13-9-5-8-12-11(13)7-6-10-14(12)17/h5,8-9H,3-4,6-7,10H2,1-2H3. The zero-order chi connectivity index (χ0) is 13.1. The van der Waals surface area contributed by atoms with Gasteiger partial charge in [0.05, 0.1) is 0 Å². The van der Waals surface area contributed by atoms with E-state index in [0.29, 0.717) is 25.1 Å². The topological polar surface area (TPSA) is 37.4 Å². The van der Waals surface area contributed by atoms with Gasteiger partial charge in [-0.3, -0.25) is 9.59 Å². The molecule has 0 saturated carbocycles. The Hall–Kier alpha value is -1.64. The molecule has 1 aliphatic rings. The largest absolute Gasteiger partial charge is 0.339 e. The van der Waals surface area contributed by atoms with Crippen molar-refractivity contribution in [2.45, 2.75) is 33.1 Å². The fraction of sp³-hybridized carbons (Fsp3) is 0.467. The van der Waals surface area contributed by atoms with Crippen molar-refractivity contribution in [3.63, 3.8) is 0 Å². The predicted molar refractivity (Wildman–Crippen MR) is 71.0 cm³/mol. The molecule has 0 aliphatic heterocycles. The van der Waals surface area contributed by atoms with Crippen molar-refractivity contribution in [3.05, 3.63) is 34.9 Å². The monoisotopic (exact) mass is 245 g/mol. The molecule has 0 unspecified atom stereocenters. The van der Waals surface area contributed by atoms with Crippen LogP contribution in [0, 0.1) is 0 Å². The second-order valence-corrected chi connectivity index (χ2v) is 4.59. The van der Waals surface area contributed by atoms with Crippen LogP contribution in [0.3, 0.4) is 0 Å². The molecule has 3 nitrogen and oxygen atoms in total. The van der Waals surface area contributed by atoms with Gasteiger partial charge in [-0.25, -0.2) is 0 Å². The van der Waals surface area contributed by atoms with Gasteiger partial charge in [-0.2, -0.15) is 0 Å². The third-order valence-electron chi connectivity index (χ3n) is 3.59. The SMILES string of the molecule is CCN(CC)C(=O)c1cccc2c1CCCC2=O. The van der Waals surface area contributed by atoms with Gasteiger partial charge in [-0.05, 0) is 38.3 Å². The molecule has 1 aromatic rings. The normalized spacial score (nSPS) is 14.2. The Labute approximate surface area is 108 Å². The molecular formula is C15H19NO2. The molecular weight excluding hydrogens is 226 g/mol. The average molecular weight is 245 g/mol. The zero-order valence-electron chi connectivity index (χ0n) is 11.0. The lowest BCUT2D eigenvalue weighted by Gasteiger charge is -2.23. The number of hydrogen-bond acceptors (Lipinski definition) is 2. The van der Waals surface area contributed by atoms with Crippen LogP contribution in [0.4, 0.5) is 0 Å². The van der Waals surface area contributed by atoms with Gasteiger partial charge in [0, 0.05) is 30.6 Å². The first-order valence-electron chi connectivity index (χ1n) is 6.63. The van der Waals surface area contributed by atoms with Crippen LogP contribution in [0.2, 0.25) is 0 Å². The van der Waals surface area contributed by atoms with E-state index in [9.17, 15) is 9.59 Å². The fourth-order valence-electron chi connectivity index (χ4n) is 2.56. The fourth-order valence-corrected chi connectivity index (χ4v) is 2.56. The maximum absolute atomic E-state index is 12.4. The van der Waals surface area contributed by atoms with E-state index in [4.69, 9.17) is 0 Å². The van der Waals surface area contributed by atoms with Crippen LogP contribution in [-0.4, -0.2) is 29.7 Å². The maximum atomic E-state index is 12.4. The van der Waals surface area contributed by atoms with Crippen LogP contribution in [0.15, 0.2) is 18.2 Å². The summed E-state index contributed by atoms with van der Waals surface area (Å²) in [4.78, 5) is 26.0. The Morgan fingerprint density at radius 3 is 2.61 bits per heavy atom. The van der Waals surface area contributed by atoms with E-state index in [1.807, 2.05) is 32.0 Å². The van der Waals surface area contributed by atoms with Crippen molar-refractivity contribution < 1.29 is 9.59 Å². The quantitative estimate of drug-likeness (QED) is 0.821. The van der Waals surface area contributed by atoms with Gasteiger partial charge >= 0.3 is 0 Å². The second kappa shape index (κ2) is 5.34. The summed E-state index contributed by atoms with van der Waals surface area (Å²) in [5.41, 5.74) is 2.41. The molecule has 0 bridgehead atoms. The Bertz CT molecular complexity index is 475. The summed E-state index contributed by atoms with van der Waals surface area (Å²) in [7, 11) is 0. The average Bonchev–Trinajstić information content (AvgIpc) is 2.40. The summed E-state index contributed by atoms with van der Waals surface area (Å²) in [5, 5.41) is 0. The summed E-state index contributed by atoms with van der Waals surface area (Å²) in [6, 6.07) is 5.51. The lowest BCUT2D eigenvalue weighted by Crippen LogP contribution is -2.32. The van der Waals surface area contributed by atoms with Crippen LogP contribution in [0.25, 0.3) is 0 Å². The van der Waals surface area contributed by atoms with Gasteiger partial charge < -0.3 is 4.90 Å². The molecule has 0 fully saturated rings. The van der Waals surface area contributed by atoms with Crippen molar-refractivity contribution in [2.75, 3.05) is 13.1 Å². The summed E-state index contributed by atoms with van der Waals surface area (Å²) >= 11 is 0. The molecule has 0 radical (unpaired) electrons. The molecule has 0 heterocycles. The lowest BCUT2D eigenvalue weighted by atomic mass is 9.87. The second-order valence-electron chi connectivity index (χ2n) is 4.59. The number of fused-ring (bicyclic) bond motifs is 1. The number of rotatable bonds is 3. The van der Waals surface area contributed by atoms with Gasteiger partial charge in [-0.1, -0.05) is 12.1 Å². The van der Waals surface area contributed by atoms with E-state index in [1.165, 1.54) is 0 Å². The van der Waals surface area contributed by atoms with E-state index in [0.717, 1.165) is 24.0 Å². The van der Waals surface area contributed by atoms with Crippen molar-refractivity contribution in [2.24, 2.45) is 0 Å².